The fraction of sp³-hybridized carbons (Fsp3) is 0.643. The number of likely N-dealkylation sites (tertiary alicyclic amines) is 1. The minimum atomic E-state index is -0.118. The minimum Gasteiger partial charge on any atom is -0.370 e. The number of carbonyl (C=O) groups excluding carboxylic acids is 2. The van der Waals surface area contributed by atoms with Crippen molar-refractivity contribution in [2.75, 3.05) is 27.2 Å². The number of imide groups is 1. The van der Waals surface area contributed by atoms with Crippen LogP contribution in [0.2, 0.25) is 0 Å². The van der Waals surface area contributed by atoms with Crippen LogP contribution in [0.3, 0.4) is 0 Å². The number of aliphatic imine (C=N–C) groups is 1. The summed E-state index contributed by atoms with van der Waals surface area (Å²) in [6, 6.07) is 0. The molecule has 108 valence electrons. The summed E-state index contributed by atoms with van der Waals surface area (Å²) in [5.41, 5.74) is 5.69. The first-order valence-corrected chi connectivity index (χ1v) is 7.01. The van der Waals surface area contributed by atoms with Gasteiger partial charge in [0.25, 0.3) is 0 Å². The van der Waals surface area contributed by atoms with Gasteiger partial charge in [0.2, 0.25) is 11.8 Å². The molecule has 1 saturated carbocycles. The number of amides is 2. The molecule has 4 atom stereocenters. The van der Waals surface area contributed by atoms with Crippen LogP contribution in [-0.4, -0.2) is 54.8 Å². The zero-order valence-corrected chi connectivity index (χ0v) is 11.8. The monoisotopic (exact) mass is 276 g/mol. The van der Waals surface area contributed by atoms with Crippen LogP contribution in [0.15, 0.2) is 17.1 Å². The van der Waals surface area contributed by atoms with E-state index in [9.17, 15) is 9.59 Å². The number of fused-ring (bicyclic) bond motifs is 5. The summed E-state index contributed by atoms with van der Waals surface area (Å²) >= 11 is 0. The van der Waals surface area contributed by atoms with Crippen LogP contribution in [0.1, 0.15) is 6.42 Å². The van der Waals surface area contributed by atoms with Crippen LogP contribution in [0, 0.1) is 23.7 Å². The molecule has 2 aliphatic carbocycles. The van der Waals surface area contributed by atoms with E-state index in [0.717, 1.165) is 6.42 Å². The Hall–Kier alpha value is -1.85. The first kappa shape index (κ1) is 13.1. The van der Waals surface area contributed by atoms with Gasteiger partial charge in [0, 0.05) is 20.6 Å². The highest BCUT2D eigenvalue weighted by molar-refractivity contribution is 6.06. The lowest BCUT2D eigenvalue weighted by Crippen LogP contribution is -2.36. The van der Waals surface area contributed by atoms with E-state index in [1.54, 1.807) is 19.0 Å². The van der Waals surface area contributed by atoms with Gasteiger partial charge in [-0.05, 0) is 18.3 Å². The molecule has 2 fully saturated rings. The summed E-state index contributed by atoms with van der Waals surface area (Å²) in [4.78, 5) is 32.0. The normalized spacial score (nSPS) is 35.1. The number of hydrogen-bond donors (Lipinski definition) is 1. The Labute approximate surface area is 118 Å². The van der Waals surface area contributed by atoms with E-state index in [1.165, 1.54) is 4.90 Å². The molecule has 3 aliphatic rings. The fourth-order valence-corrected chi connectivity index (χ4v) is 3.59. The minimum absolute atomic E-state index is 0.0181. The summed E-state index contributed by atoms with van der Waals surface area (Å²) in [5.74, 6) is 0.668. The van der Waals surface area contributed by atoms with Crippen LogP contribution >= 0.6 is 0 Å². The molecular weight excluding hydrogens is 256 g/mol. The Bertz CT molecular complexity index is 481. The Morgan fingerprint density at radius 3 is 2.35 bits per heavy atom. The van der Waals surface area contributed by atoms with E-state index >= 15 is 0 Å². The second kappa shape index (κ2) is 4.61. The third-order valence-electron chi connectivity index (χ3n) is 4.62. The molecule has 0 spiro atoms. The lowest BCUT2D eigenvalue weighted by Gasteiger charge is -2.16. The van der Waals surface area contributed by atoms with Gasteiger partial charge in [-0.25, -0.2) is 0 Å². The molecule has 6 heteroatoms. The van der Waals surface area contributed by atoms with Gasteiger partial charge in [0.05, 0.1) is 18.4 Å². The van der Waals surface area contributed by atoms with Crippen molar-refractivity contribution >= 4 is 17.8 Å². The molecule has 1 aliphatic heterocycles. The molecule has 4 unspecified atom stereocenters. The first-order chi connectivity index (χ1) is 9.50. The van der Waals surface area contributed by atoms with Crippen molar-refractivity contribution < 1.29 is 9.59 Å². The van der Waals surface area contributed by atoms with Crippen molar-refractivity contribution in [2.24, 2.45) is 34.4 Å². The summed E-state index contributed by atoms with van der Waals surface area (Å²) < 4.78 is 0. The molecule has 2 bridgehead atoms. The SMILES string of the molecule is CN(C)C(N)=NCCN1C(=O)C2C3C=CC(C3)C2C1=O. The van der Waals surface area contributed by atoms with Gasteiger partial charge in [0.1, 0.15) is 0 Å². The highest BCUT2D eigenvalue weighted by atomic mass is 16.2. The van der Waals surface area contributed by atoms with Gasteiger partial charge in [-0.2, -0.15) is 0 Å². The van der Waals surface area contributed by atoms with Gasteiger partial charge in [-0.15, -0.1) is 0 Å². The molecule has 0 aromatic carbocycles. The Morgan fingerprint density at radius 2 is 1.85 bits per heavy atom. The standard InChI is InChI=1S/C14H20N4O2/c1-17(2)14(15)16-5-6-18-12(19)10-8-3-4-9(7-8)11(10)13(18)20/h3-4,8-11H,5-7H2,1-2H3,(H2,15,16). The highest BCUT2D eigenvalue weighted by Crippen LogP contribution is 2.52. The smallest absolute Gasteiger partial charge is 0.233 e. The zero-order chi connectivity index (χ0) is 14.4. The van der Waals surface area contributed by atoms with E-state index in [0.29, 0.717) is 19.0 Å². The average molecular weight is 276 g/mol. The number of nitrogens with two attached hydrogens (primary N) is 1. The van der Waals surface area contributed by atoms with Crippen LogP contribution in [0.5, 0.6) is 0 Å². The Morgan fingerprint density at radius 1 is 1.30 bits per heavy atom. The molecule has 1 heterocycles. The fourth-order valence-electron chi connectivity index (χ4n) is 3.59. The van der Waals surface area contributed by atoms with Crippen molar-refractivity contribution in [3.63, 3.8) is 0 Å². The van der Waals surface area contributed by atoms with Gasteiger partial charge in [0.15, 0.2) is 5.96 Å². The largest absolute Gasteiger partial charge is 0.370 e. The predicted molar refractivity (Wildman–Crippen MR) is 74.6 cm³/mol. The molecule has 3 rings (SSSR count). The van der Waals surface area contributed by atoms with E-state index < -0.39 is 0 Å². The van der Waals surface area contributed by atoms with E-state index in [2.05, 4.69) is 17.1 Å². The number of nitrogens with zero attached hydrogens (tertiary/aromatic N) is 3. The van der Waals surface area contributed by atoms with Gasteiger partial charge in [-0.3, -0.25) is 19.5 Å². The second-order valence-electron chi connectivity index (χ2n) is 5.96. The molecule has 0 radical (unpaired) electrons. The maximum absolute atomic E-state index is 12.4. The molecule has 0 aromatic heterocycles. The van der Waals surface area contributed by atoms with Crippen LogP contribution in [0.25, 0.3) is 0 Å². The van der Waals surface area contributed by atoms with E-state index in [-0.39, 0.29) is 35.5 Å². The number of hydrogen-bond acceptors (Lipinski definition) is 3. The highest BCUT2D eigenvalue weighted by Gasteiger charge is 2.58. The molecule has 20 heavy (non-hydrogen) atoms. The summed E-state index contributed by atoms with van der Waals surface area (Å²) in [5, 5.41) is 0. The molecule has 1 saturated heterocycles. The van der Waals surface area contributed by atoms with Crippen LogP contribution < -0.4 is 5.73 Å². The quantitative estimate of drug-likeness (QED) is 0.331. The maximum Gasteiger partial charge on any atom is 0.233 e. The molecule has 6 nitrogen and oxygen atoms in total. The molecular formula is C14H20N4O2. The van der Waals surface area contributed by atoms with Gasteiger partial charge in [-0.1, -0.05) is 12.2 Å². The van der Waals surface area contributed by atoms with Crippen molar-refractivity contribution in [3.8, 4) is 0 Å². The van der Waals surface area contributed by atoms with E-state index in [4.69, 9.17) is 5.73 Å². The first-order valence-electron chi connectivity index (χ1n) is 7.01. The molecule has 0 aromatic rings. The van der Waals surface area contributed by atoms with Crippen molar-refractivity contribution in [1.29, 1.82) is 0 Å². The summed E-state index contributed by atoms with van der Waals surface area (Å²) in [6.45, 7) is 0.697. The van der Waals surface area contributed by atoms with Crippen molar-refractivity contribution in [1.82, 2.24) is 9.80 Å². The third-order valence-corrected chi connectivity index (χ3v) is 4.62. The van der Waals surface area contributed by atoms with Gasteiger partial charge < -0.3 is 10.6 Å². The lowest BCUT2D eigenvalue weighted by atomic mass is 9.85. The van der Waals surface area contributed by atoms with Crippen LogP contribution in [0.4, 0.5) is 0 Å². The van der Waals surface area contributed by atoms with E-state index in [1.807, 2.05) is 0 Å². The van der Waals surface area contributed by atoms with Gasteiger partial charge >= 0.3 is 0 Å². The third kappa shape index (κ3) is 1.82. The Kier molecular flexibility index (Phi) is 3.03. The lowest BCUT2D eigenvalue weighted by molar-refractivity contribution is -0.140. The number of rotatable bonds is 3. The predicted octanol–water partition coefficient (Wildman–Crippen LogP) is -0.330. The van der Waals surface area contributed by atoms with Crippen molar-refractivity contribution in [3.05, 3.63) is 12.2 Å². The van der Waals surface area contributed by atoms with Crippen LogP contribution in [-0.2, 0) is 9.59 Å². The zero-order valence-electron chi connectivity index (χ0n) is 11.8. The summed E-state index contributed by atoms with van der Waals surface area (Å²) in [7, 11) is 3.61. The number of allylic oxidation sites excluding steroid dienone is 2. The maximum atomic E-state index is 12.4. The number of carbonyl (C=O) groups is 2. The second-order valence-corrected chi connectivity index (χ2v) is 5.96. The number of guanidine groups is 1. The van der Waals surface area contributed by atoms with Crippen molar-refractivity contribution in [2.45, 2.75) is 6.42 Å². The Balaban J connectivity index is 1.67. The summed E-state index contributed by atoms with van der Waals surface area (Å²) in [6.07, 6.45) is 5.16. The average Bonchev–Trinajstić information content (AvgIpc) is 3.07. The topological polar surface area (TPSA) is 79.0 Å². The molecule has 2 amide bonds. The molecule has 2 N–H and O–H groups in total.